The van der Waals surface area contributed by atoms with E-state index in [-0.39, 0.29) is 0 Å². The third-order valence-corrected chi connectivity index (χ3v) is 6.06. The summed E-state index contributed by atoms with van der Waals surface area (Å²) >= 11 is 0. The lowest BCUT2D eigenvalue weighted by Gasteiger charge is -2.06. The predicted octanol–water partition coefficient (Wildman–Crippen LogP) is 8.73. The summed E-state index contributed by atoms with van der Waals surface area (Å²) in [6.07, 6.45) is 25.4. The van der Waals surface area contributed by atoms with Crippen molar-refractivity contribution in [3.8, 4) is 11.4 Å². The van der Waals surface area contributed by atoms with Crippen molar-refractivity contribution in [1.82, 2.24) is 9.97 Å². The molecule has 2 rings (SSSR count). The topological polar surface area (TPSA) is 25.8 Å². The minimum absolute atomic E-state index is 0.847. The fraction of sp³-hybridized carbons (Fsp3) is 0.643. The first kappa shape index (κ1) is 24.6. The van der Waals surface area contributed by atoms with Crippen molar-refractivity contribution in [2.24, 2.45) is 0 Å². The molecular weight excluding hydrogens is 364 g/mol. The van der Waals surface area contributed by atoms with Crippen LogP contribution in [0.15, 0.2) is 36.7 Å². The highest BCUT2D eigenvalue weighted by atomic mass is 14.9. The van der Waals surface area contributed by atoms with Crippen LogP contribution in [0.2, 0.25) is 0 Å². The number of nitrogens with zero attached hydrogens (tertiary/aromatic N) is 2. The summed E-state index contributed by atoms with van der Waals surface area (Å²) in [7, 11) is 0. The number of aryl methyl sites for hydroxylation is 2. The van der Waals surface area contributed by atoms with Crippen molar-refractivity contribution < 1.29 is 0 Å². The Hall–Kier alpha value is -1.70. The number of benzene rings is 1. The standard InChI is InChI=1S/C28H44N2/c1-3-5-7-9-10-11-12-14-15-17-25-19-21-27(22-20-25)28-29-23-26(24-30-28)18-16-13-8-6-4-2/h19-24H,3-18H2,1-2H3. The van der Waals surface area contributed by atoms with Gasteiger partial charge in [0.15, 0.2) is 5.82 Å². The van der Waals surface area contributed by atoms with Crippen LogP contribution in [-0.2, 0) is 12.8 Å². The highest BCUT2D eigenvalue weighted by Crippen LogP contribution is 2.18. The molecule has 0 radical (unpaired) electrons. The third-order valence-electron chi connectivity index (χ3n) is 6.06. The van der Waals surface area contributed by atoms with E-state index in [4.69, 9.17) is 0 Å². The zero-order valence-electron chi connectivity index (χ0n) is 19.7. The molecular formula is C28H44N2. The Morgan fingerprint density at radius 2 is 0.933 bits per heavy atom. The van der Waals surface area contributed by atoms with Gasteiger partial charge in [0, 0.05) is 18.0 Å². The van der Waals surface area contributed by atoms with Crippen molar-refractivity contribution in [2.75, 3.05) is 0 Å². The van der Waals surface area contributed by atoms with Crippen LogP contribution in [0, 0.1) is 0 Å². The Morgan fingerprint density at radius 3 is 1.43 bits per heavy atom. The smallest absolute Gasteiger partial charge is 0.159 e. The minimum atomic E-state index is 0.847. The maximum Gasteiger partial charge on any atom is 0.159 e. The summed E-state index contributed by atoms with van der Waals surface area (Å²) in [4.78, 5) is 9.21. The van der Waals surface area contributed by atoms with E-state index in [2.05, 4.69) is 48.1 Å². The Balaban J connectivity index is 1.64. The Labute approximate surface area is 185 Å². The van der Waals surface area contributed by atoms with Gasteiger partial charge >= 0.3 is 0 Å². The number of hydrogen-bond acceptors (Lipinski definition) is 2. The second-order valence-electron chi connectivity index (χ2n) is 8.85. The average molecular weight is 409 g/mol. The number of aromatic nitrogens is 2. The van der Waals surface area contributed by atoms with Crippen LogP contribution < -0.4 is 0 Å². The molecule has 2 aromatic rings. The molecule has 2 nitrogen and oxygen atoms in total. The SMILES string of the molecule is CCCCCCCCCCCc1ccc(-c2ncc(CCCCCCC)cn2)cc1. The van der Waals surface area contributed by atoms with E-state index in [9.17, 15) is 0 Å². The van der Waals surface area contributed by atoms with Gasteiger partial charge < -0.3 is 0 Å². The number of hydrogen-bond donors (Lipinski definition) is 0. The molecule has 0 unspecified atom stereocenters. The Kier molecular flexibility index (Phi) is 13.1. The van der Waals surface area contributed by atoms with Gasteiger partial charge in [-0.1, -0.05) is 115 Å². The maximum absolute atomic E-state index is 4.61. The van der Waals surface area contributed by atoms with Crippen molar-refractivity contribution in [1.29, 1.82) is 0 Å². The summed E-state index contributed by atoms with van der Waals surface area (Å²) in [6.45, 7) is 4.54. The Morgan fingerprint density at radius 1 is 0.500 bits per heavy atom. The van der Waals surface area contributed by atoms with Gasteiger partial charge in [-0.05, 0) is 36.8 Å². The molecule has 0 atom stereocenters. The van der Waals surface area contributed by atoms with Gasteiger partial charge in [-0.2, -0.15) is 0 Å². The summed E-state index contributed by atoms with van der Waals surface area (Å²) in [5, 5.41) is 0. The highest BCUT2D eigenvalue weighted by molar-refractivity contribution is 5.55. The summed E-state index contributed by atoms with van der Waals surface area (Å²) < 4.78 is 0. The molecule has 0 fully saturated rings. The normalized spacial score (nSPS) is 11.1. The molecule has 0 aliphatic heterocycles. The summed E-state index contributed by atoms with van der Waals surface area (Å²) in [5.74, 6) is 0.847. The second kappa shape index (κ2) is 16.1. The molecule has 0 aliphatic rings. The van der Waals surface area contributed by atoms with Crippen molar-refractivity contribution in [3.63, 3.8) is 0 Å². The van der Waals surface area contributed by atoms with E-state index >= 15 is 0 Å². The van der Waals surface area contributed by atoms with Gasteiger partial charge in [-0.25, -0.2) is 9.97 Å². The molecule has 0 amide bonds. The molecule has 0 aliphatic carbocycles. The summed E-state index contributed by atoms with van der Waals surface area (Å²) in [6, 6.07) is 8.88. The molecule has 1 aromatic carbocycles. The third kappa shape index (κ3) is 10.4. The van der Waals surface area contributed by atoms with Crippen LogP contribution in [0.1, 0.15) is 115 Å². The molecule has 166 valence electrons. The van der Waals surface area contributed by atoms with Crippen LogP contribution in [0.25, 0.3) is 11.4 Å². The van der Waals surface area contributed by atoms with Crippen LogP contribution >= 0.6 is 0 Å². The van der Waals surface area contributed by atoms with Crippen LogP contribution in [0.3, 0.4) is 0 Å². The average Bonchev–Trinajstić information content (AvgIpc) is 2.79. The fourth-order valence-electron chi connectivity index (χ4n) is 4.03. The van der Waals surface area contributed by atoms with E-state index in [0.717, 1.165) is 17.8 Å². The van der Waals surface area contributed by atoms with E-state index in [1.807, 2.05) is 12.4 Å². The van der Waals surface area contributed by atoms with Crippen LogP contribution in [0.5, 0.6) is 0 Å². The minimum Gasteiger partial charge on any atom is -0.236 e. The van der Waals surface area contributed by atoms with Crippen molar-refractivity contribution >= 4 is 0 Å². The largest absolute Gasteiger partial charge is 0.236 e. The molecule has 2 heteroatoms. The molecule has 0 N–H and O–H groups in total. The lowest BCUT2D eigenvalue weighted by Crippen LogP contribution is -1.94. The van der Waals surface area contributed by atoms with E-state index in [1.165, 1.54) is 107 Å². The van der Waals surface area contributed by atoms with Crippen LogP contribution in [0.4, 0.5) is 0 Å². The summed E-state index contributed by atoms with van der Waals surface area (Å²) in [5.41, 5.74) is 3.82. The number of rotatable bonds is 17. The van der Waals surface area contributed by atoms with Crippen molar-refractivity contribution in [3.05, 3.63) is 47.8 Å². The first-order valence-corrected chi connectivity index (χ1v) is 12.7. The van der Waals surface area contributed by atoms with E-state index in [1.54, 1.807) is 0 Å². The monoisotopic (exact) mass is 408 g/mol. The van der Waals surface area contributed by atoms with E-state index < -0.39 is 0 Å². The zero-order chi connectivity index (χ0) is 21.3. The zero-order valence-corrected chi connectivity index (χ0v) is 19.7. The first-order chi connectivity index (χ1) is 14.8. The molecule has 1 heterocycles. The molecule has 0 spiro atoms. The molecule has 30 heavy (non-hydrogen) atoms. The fourth-order valence-corrected chi connectivity index (χ4v) is 4.03. The molecule has 0 saturated heterocycles. The van der Waals surface area contributed by atoms with Gasteiger partial charge in [-0.3, -0.25) is 0 Å². The van der Waals surface area contributed by atoms with Crippen molar-refractivity contribution in [2.45, 2.75) is 117 Å². The molecule has 1 aromatic heterocycles. The number of unbranched alkanes of at least 4 members (excludes halogenated alkanes) is 12. The van der Waals surface area contributed by atoms with E-state index in [0.29, 0.717) is 0 Å². The maximum atomic E-state index is 4.61. The van der Waals surface area contributed by atoms with Gasteiger partial charge in [0.25, 0.3) is 0 Å². The van der Waals surface area contributed by atoms with Gasteiger partial charge in [0.05, 0.1) is 0 Å². The van der Waals surface area contributed by atoms with Crippen LogP contribution in [-0.4, -0.2) is 9.97 Å². The molecule has 0 bridgehead atoms. The lowest BCUT2D eigenvalue weighted by molar-refractivity contribution is 0.565. The Bertz CT molecular complexity index is 645. The van der Waals surface area contributed by atoms with Gasteiger partial charge in [0.1, 0.15) is 0 Å². The van der Waals surface area contributed by atoms with Gasteiger partial charge in [-0.15, -0.1) is 0 Å². The highest BCUT2D eigenvalue weighted by Gasteiger charge is 2.03. The predicted molar refractivity (Wildman–Crippen MR) is 131 cm³/mol. The first-order valence-electron chi connectivity index (χ1n) is 12.7. The molecule has 0 saturated carbocycles. The second-order valence-corrected chi connectivity index (χ2v) is 8.85. The quantitative estimate of drug-likeness (QED) is 0.244. The van der Waals surface area contributed by atoms with Gasteiger partial charge in [0.2, 0.25) is 0 Å². The lowest BCUT2D eigenvalue weighted by atomic mass is 10.0.